The van der Waals surface area contributed by atoms with E-state index in [4.69, 9.17) is 5.73 Å². The van der Waals surface area contributed by atoms with Crippen molar-refractivity contribution in [2.75, 3.05) is 18.0 Å². The van der Waals surface area contributed by atoms with Crippen LogP contribution in [-0.4, -0.2) is 29.0 Å². The van der Waals surface area contributed by atoms with Gasteiger partial charge in [0.05, 0.1) is 0 Å². The first-order valence-electron chi connectivity index (χ1n) is 6.19. The van der Waals surface area contributed by atoms with Gasteiger partial charge in [0, 0.05) is 19.1 Å². The number of nitro groups is 1. The second kappa shape index (κ2) is 5.30. The number of anilines is 1. The predicted octanol–water partition coefficient (Wildman–Crippen LogP) is 1.55. The average Bonchev–Trinajstić information content (AvgIpc) is 2.39. The van der Waals surface area contributed by atoms with Crippen LogP contribution in [0.1, 0.15) is 19.8 Å². The zero-order chi connectivity index (χ0) is 13.1. The summed E-state index contributed by atoms with van der Waals surface area (Å²) in [7, 11) is 0. The Morgan fingerprint density at radius 2 is 2.44 bits per heavy atom. The van der Waals surface area contributed by atoms with Gasteiger partial charge in [0.2, 0.25) is 0 Å². The van der Waals surface area contributed by atoms with E-state index in [1.54, 1.807) is 12.1 Å². The fraction of sp³-hybridized carbons (Fsp3) is 0.583. The van der Waals surface area contributed by atoms with Crippen LogP contribution in [0.5, 0.6) is 0 Å². The van der Waals surface area contributed by atoms with Gasteiger partial charge in [-0.15, -0.1) is 0 Å². The average molecular weight is 250 g/mol. The Hall–Kier alpha value is -1.69. The lowest BCUT2D eigenvalue weighted by Gasteiger charge is -2.35. The molecule has 0 amide bonds. The number of hydrogen-bond acceptors (Lipinski definition) is 5. The molecule has 1 aliphatic heterocycles. The molecule has 2 rings (SSSR count). The summed E-state index contributed by atoms with van der Waals surface area (Å²) in [6.07, 6.45) is 3.55. The largest absolute Gasteiger partial charge is 0.387 e. The molecule has 0 bridgehead atoms. The van der Waals surface area contributed by atoms with Gasteiger partial charge in [0.15, 0.2) is 0 Å². The molecule has 0 spiro atoms. The maximum atomic E-state index is 11.0. The fourth-order valence-corrected chi connectivity index (χ4v) is 2.43. The summed E-state index contributed by atoms with van der Waals surface area (Å²) in [5.74, 6) is 0.321. The smallest absolute Gasteiger partial charge is 0.364 e. The molecule has 0 aromatic carbocycles. The Morgan fingerprint density at radius 3 is 3.11 bits per heavy atom. The molecule has 98 valence electrons. The number of piperidine rings is 1. The first kappa shape index (κ1) is 12.8. The van der Waals surface area contributed by atoms with E-state index in [-0.39, 0.29) is 11.9 Å². The highest BCUT2D eigenvalue weighted by Crippen LogP contribution is 2.30. The van der Waals surface area contributed by atoms with Crippen LogP contribution in [-0.2, 0) is 0 Å². The van der Waals surface area contributed by atoms with Gasteiger partial charge < -0.3 is 20.7 Å². The molecule has 6 heteroatoms. The minimum Gasteiger partial charge on any atom is -0.364 e. The minimum absolute atomic E-state index is 0.0668. The Bertz CT molecular complexity index is 436. The molecule has 0 aliphatic carbocycles. The number of rotatable bonds is 3. The standard InChI is InChI=1S/C12H18N4O2/c1-9(13)10-4-3-7-15(8-10)11-5-2-6-14-12(11)16(17)18/h2,5-6,9-10H,3-4,7-8,13H2,1H3. The van der Waals surface area contributed by atoms with Crippen molar-refractivity contribution in [3.63, 3.8) is 0 Å². The Morgan fingerprint density at radius 1 is 1.67 bits per heavy atom. The molecular formula is C12H18N4O2. The second-order valence-corrected chi connectivity index (χ2v) is 4.81. The molecule has 6 nitrogen and oxygen atoms in total. The zero-order valence-corrected chi connectivity index (χ0v) is 10.5. The zero-order valence-electron chi connectivity index (χ0n) is 10.5. The number of aromatic nitrogens is 1. The van der Waals surface area contributed by atoms with E-state index in [0.717, 1.165) is 25.9 Å². The molecule has 2 atom stereocenters. The van der Waals surface area contributed by atoms with Crippen LogP contribution < -0.4 is 10.6 Å². The molecule has 0 radical (unpaired) electrons. The Balaban J connectivity index is 2.23. The molecule has 2 heterocycles. The van der Waals surface area contributed by atoms with E-state index in [9.17, 15) is 10.1 Å². The van der Waals surface area contributed by atoms with Crippen LogP contribution in [0.3, 0.4) is 0 Å². The van der Waals surface area contributed by atoms with Crippen LogP contribution in [0.2, 0.25) is 0 Å². The summed E-state index contributed by atoms with van der Waals surface area (Å²) >= 11 is 0. The highest BCUT2D eigenvalue weighted by Gasteiger charge is 2.27. The minimum atomic E-state index is -0.426. The van der Waals surface area contributed by atoms with Crippen molar-refractivity contribution in [3.8, 4) is 0 Å². The lowest BCUT2D eigenvalue weighted by Crippen LogP contribution is -2.42. The van der Waals surface area contributed by atoms with E-state index >= 15 is 0 Å². The SMILES string of the molecule is CC(N)C1CCCN(c2cccnc2[N+](=O)[O-])C1. The molecule has 1 saturated heterocycles. The summed E-state index contributed by atoms with van der Waals surface area (Å²) in [6, 6.07) is 3.61. The third-order valence-corrected chi connectivity index (χ3v) is 3.48. The first-order chi connectivity index (χ1) is 8.59. The molecule has 2 unspecified atom stereocenters. The maximum absolute atomic E-state index is 11.0. The Labute approximate surface area is 106 Å². The highest BCUT2D eigenvalue weighted by molar-refractivity contribution is 5.59. The van der Waals surface area contributed by atoms with Gasteiger partial charge in [-0.05, 0) is 47.7 Å². The third-order valence-electron chi connectivity index (χ3n) is 3.48. The van der Waals surface area contributed by atoms with Crippen molar-refractivity contribution < 1.29 is 4.92 Å². The number of pyridine rings is 1. The van der Waals surface area contributed by atoms with Crippen molar-refractivity contribution in [1.29, 1.82) is 0 Å². The normalized spacial score (nSPS) is 21.7. The summed E-state index contributed by atoms with van der Waals surface area (Å²) in [4.78, 5) is 16.4. The van der Waals surface area contributed by atoms with Crippen LogP contribution in [0, 0.1) is 16.0 Å². The lowest BCUT2D eigenvalue weighted by atomic mass is 9.92. The van der Waals surface area contributed by atoms with E-state index < -0.39 is 4.92 Å². The van der Waals surface area contributed by atoms with Crippen LogP contribution in [0.25, 0.3) is 0 Å². The lowest BCUT2D eigenvalue weighted by molar-refractivity contribution is -0.388. The van der Waals surface area contributed by atoms with Crippen molar-refractivity contribution in [3.05, 3.63) is 28.4 Å². The van der Waals surface area contributed by atoms with Gasteiger partial charge in [-0.2, -0.15) is 0 Å². The van der Waals surface area contributed by atoms with E-state index in [0.29, 0.717) is 11.6 Å². The Kier molecular flexibility index (Phi) is 3.76. The van der Waals surface area contributed by atoms with Crippen LogP contribution >= 0.6 is 0 Å². The van der Waals surface area contributed by atoms with Gasteiger partial charge in [0.1, 0.15) is 11.9 Å². The summed E-state index contributed by atoms with van der Waals surface area (Å²) < 4.78 is 0. The van der Waals surface area contributed by atoms with Crippen molar-refractivity contribution in [1.82, 2.24) is 4.98 Å². The summed E-state index contributed by atoms with van der Waals surface area (Å²) in [5.41, 5.74) is 6.53. The number of nitrogens with two attached hydrogens (primary N) is 1. The van der Waals surface area contributed by atoms with Gasteiger partial charge in [-0.3, -0.25) is 0 Å². The molecule has 1 aromatic heterocycles. The van der Waals surface area contributed by atoms with E-state index in [1.807, 2.05) is 11.8 Å². The monoisotopic (exact) mass is 250 g/mol. The fourth-order valence-electron chi connectivity index (χ4n) is 2.43. The topological polar surface area (TPSA) is 85.3 Å². The van der Waals surface area contributed by atoms with Crippen molar-refractivity contribution >= 4 is 11.5 Å². The molecule has 1 fully saturated rings. The predicted molar refractivity (Wildman–Crippen MR) is 69.5 cm³/mol. The maximum Gasteiger partial charge on any atom is 0.387 e. The molecule has 2 N–H and O–H groups in total. The van der Waals surface area contributed by atoms with Crippen molar-refractivity contribution in [2.45, 2.75) is 25.8 Å². The van der Waals surface area contributed by atoms with E-state index in [2.05, 4.69) is 4.98 Å². The quantitative estimate of drug-likeness (QED) is 0.650. The summed E-state index contributed by atoms with van der Waals surface area (Å²) in [5, 5.41) is 11.0. The first-order valence-corrected chi connectivity index (χ1v) is 6.19. The number of nitrogens with zero attached hydrogens (tertiary/aromatic N) is 3. The van der Waals surface area contributed by atoms with Gasteiger partial charge in [-0.25, -0.2) is 0 Å². The highest BCUT2D eigenvalue weighted by atomic mass is 16.6. The second-order valence-electron chi connectivity index (χ2n) is 4.81. The molecule has 0 saturated carbocycles. The van der Waals surface area contributed by atoms with Crippen molar-refractivity contribution in [2.24, 2.45) is 11.7 Å². The van der Waals surface area contributed by atoms with Crippen LogP contribution in [0.15, 0.2) is 18.3 Å². The molecule has 1 aromatic rings. The molecular weight excluding hydrogens is 232 g/mol. The molecule has 18 heavy (non-hydrogen) atoms. The van der Waals surface area contributed by atoms with E-state index in [1.165, 1.54) is 6.20 Å². The van der Waals surface area contributed by atoms with Gasteiger partial charge >= 0.3 is 5.82 Å². The summed E-state index contributed by atoms with van der Waals surface area (Å²) in [6.45, 7) is 3.59. The third kappa shape index (κ3) is 2.59. The molecule has 1 aliphatic rings. The number of hydrogen-bond donors (Lipinski definition) is 1. The van der Waals surface area contributed by atoms with Gasteiger partial charge in [0.25, 0.3) is 0 Å². The van der Waals surface area contributed by atoms with Crippen LogP contribution in [0.4, 0.5) is 11.5 Å². The van der Waals surface area contributed by atoms with Gasteiger partial charge in [-0.1, -0.05) is 0 Å².